The van der Waals surface area contributed by atoms with Gasteiger partial charge in [0.1, 0.15) is 17.2 Å². The van der Waals surface area contributed by atoms with Crippen molar-refractivity contribution in [1.29, 1.82) is 0 Å². The number of carbonyl (C=O) groups excluding carboxylic acids is 1. The lowest BCUT2D eigenvalue weighted by Gasteiger charge is -2.16. The van der Waals surface area contributed by atoms with Crippen molar-refractivity contribution in [2.24, 2.45) is 5.14 Å². The molecule has 3 aromatic rings. The van der Waals surface area contributed by atoms with Crippen LogP contribution in [-0.4, -0.2) is 20.4 Å². The third-order valence-electron chi connectivity index (χ3n) is 3.99. The summed E-state index contributed by atoms with van der Waals surface area (Å²) >= 11 is 6.05. The van der Waals surface area contributed by atoms with Crippen LogP contribution in [0, 0.1) is 0 Å². The molecule has 30 heavy (non-hydrogen) atoms. The molecular weight excluding hydrogens is 428 g/mol. The molecule has 0 aliphatic carbocycles. The van der Waals surface area contributed by atoms with E-state index in [9.17, 15) is 13.2 Å². The van der Waals surface area contributed by atoms with E-state index < -0.39 is 22.0 Å². The van der Waals surface area contributed by atoms with Crippen LogP contribution in [0.2, 0.25) is 5.02 Å². The zero-order valence-electron chi connectivity index (χ0n) is 15.9. The lowest BCUT2D eigenvalue weighted by molar-refractivity contribution is -0.122. The Morgan fingerprint density at radius 2 is 1.63 bits per heavy atom. The minimum absolute atomic E-state index is 0.0420. The number of ether oxygens (including phenoxy) is 2. The monoisotopic (exact) mass is 446 g/mol. The van der Waals surface area contributed by atoms with Gasteiger partial charge in [0.2, 0.25) is 10.0 Å². The summed E-state index contributed by atoms with van der Waals surface area (Å²) < 4.78 is 34.2. The summed E-state index contributed by atoms with van der Waals surface area (Å²) in [5, 5.41) is 7.71. The van der Waals surface area contributed by atoms with Crippen molar-refractivity contribution >= 4 is 33.2 Å². The van der Waals surface area contributed by atoms with Crippen LogP contribution >= 0.6 is 11.6 Å². The van der Waals surface area contributed by atoms with Crippen molar-refractivity contribution < 1.29 is 22.7 Å². The maximum Gasteiger partial charge on any atom is 0.265 e. The average Bonchev–Trinajstić information content (AvgIpc) is 2.69. The number of nitrogens with two attached hydrogens (primary N) is 1. The summed E-state index contributed by atoms with van der Waals surface area (Å²) in [6.45, 7) is 1.58. The molecule has 9 heteroatoms. The van der Waals surface area contributed by atoms with Gasteiger partial charge >= 0.3 is 0 Å². The quantitative estimate of drug-likeness (QED) is 0.565. The fraction of sp³-hybridized carbons (Fsp3) is 0.0952. The number of sulfonamides is 1. The molecule has 0 aliphatic rings. The Balaban J connectivity index is 1.65. The molecule has 0 saturated carbocycles. The molecule has 1 unspecified atom stereocenters. The van der Waals surface area contributed by atoms with Crippen LogP contribution in [0.3, 0.4) is 0 Å². The van der Waals surface area contributed by atoms with Gasteiger partial charge in [-0.25, -0.2) is 13.6 Å². The first kappa shape index (κ1) is 21.6. The molecule has 7 nitrogen and oxygen atoms in total. The van der Waals surface area contributed by atoms with Crippen LogP contribution in [0.1, 0.15) is 6.92 Å². The summed E-state index contributed by atoms with van der Waals surface area (Å²) in [7, 11) is -3.89. The van der Waals surface area contributed by atoms with E-state index in [4.69, 9.17) is 26.2 Å². The van der Waals surface area contributed by atoms with E-state index >= 15 is 0 Å². The smallest absolute Gasteiger partial charge is 0.265 e. The van der Waals surface area contributed by atoms with Crippen molar-refractivity contribution in [2.75, 3.05) is 5.32 Å². The maximum absolute atomic E-state index is 12.5. The molecule has 0 saturated heterocycles. The van der Waals surface area contributed by atoms with E-state index in [1.54, 1.807) is 31.2 Å². The first-order chi connectivity index (χ1) is 14.2. The number of nitrogens with one attached hydrogen (secondary N) is 1. The lowest BCUT2D eigenvalue weighted by atomic mass is 10.3. The summed E-state index contributed by atoms with van der Waals surface area (Å²) in [4.78, 5) is 12.3. The number of para-hydroxylation sites is 1. The number of halogens is 1. The standard InChI is InChI=1S/C21H19ClN2O5S/c1-14(21(25)24-20-11-10-18(13-19(20)22)30(23,26)27)28-16-8-5-9-17(12-16)29-15-6-3-2-4-7-15/h2-14H,1H3,(H,24,25)(H2,23,26,27). The Labute approximate surface area is 179 Å². The normalized spacial score (nSPS) is 12.1. The van der Waals surface area contributed by atoms with Gasteiger partial charge in [0.15, 0.2) is 6.10 Å². The number of anilines is 1. The predicted molar refractivity (Wildman–Crippen MR) is 115 cm³/mol. The molecule has 0 heterocycles. The molecule has 3 rings (SSSR count). The fourth-order valence-electron chi connectivity index (χ4n) is 2.50. The van der Waals surface area contributed by atoms with Gasteiger partial charge in [-0.1, -0.05) is 35.9 Å². The number of rotatable bonds is 7. The fourth-order valence-corrected chi connectivity index (χ4v) is 3.33. The van der Waals surface area contributed by atoms with Gasteiger partial charge in [0.05, 0.1) is 15.6 Å². The number of primary sulfonamides is 1. The van der Waals surface area contributed by atoms with Gasteiger partial charge in [-0.15, -0.1) is 0 Å². The molecule has 1 atom stereocenters. The van der Waals surface area contributed by atoms with Crippen LogP contribution in [0.15, 0.2) is 77.7 Å². The third-order valence-corrected chi connectivity index (χ3v) is 5.22. The second kappa shape index (κ2) is 9.17. The molecule has 3 aromatic carbocycles. The van der Waals surface area contributed by atoms with E-state index in [-0.39, 0.29) is 15.6 Å². The minimum Gasteiger partial charge on any atom is -0.481 e. The Morgan fingerprint density at radius 3 is 2.30 bits per heavy atom. The summed E-state index contributed by atoms with van der Waals surface area (Å²) in [6.07, 6.45) is -0.856. The SMILES string of the molecule is CC(Oc1cccc(Oc2ccccc2)c1)C(=O)Nc1ccc(S(N)(=O)=O)cc1Cl. The molecule has 156 valence electrons. The third kappa shape index (κ3) is 5.73. The van der Waals surface area contributed by atoms with Crippen LogP contribution in [0.4, 0.5) is 5.69 Å². The van der Waals surface area contributed by atoms with E-state index in [1.165, 1.54) is 18.2 Å². The lowest BCUT2D eigenvalue weighted by Crippen LogP contribution is -2.30. The van der Waals surface area contributed by atoms with E-state index in [0.717, 1.165) is 0 Å². The van der Waals surface area contributed by atoms with Gasteiger partial charge in [0.25, 0.3) is 5.91 Å². The Morgan fingerprint density at radius 1 is 0.967 bits per heavy atom. The van der Waals surface area contributed by atoms with E-state index in [2.05, 4.69) is 5.32 Å². The molecular formula is C21H19ClN2O5S. The van der Waals surface area contributed by atoms with Crippen molar-refractivity contribution in [3.63, 3.8) is 0 Å². The van der Waals surface area contributed by atoms with Crippen LogP contribution in [0.5, 0.6) is 17.2 Å². The zero-order chi connectivity index (χ0) is 21.7. The molecule has 3 N–H and O–H groups in total. The van der Waals surface area contributed by atoms with Gasteiger partial charge < -0.3 is 14.8 Å². The van der Waals surface area contributed by atoms with Crippen LogP contribution in [0.25, 0.3) is 0 Å². The maximum atomic E-state index is 12.5. The highest BCUT2D eigenvalue weighted by molar-refractivity contribution is 7.89. The van der Waals surface area contributed by atoms with E-state index in [0.29, 0.717) is 17.2 Å². The molecule has 0 spiro atoms. The average molecular weight is 447 g/mol. The number of hydrogen-bond donors (Lipinski definition) is 2. The molecule has 0 aromatic heterocycles. The van der Waals surface area contributed by atoms with Gasteiger partial charge in [-0.05, 0) is 49.4 Å². The topological polar surface area (TPSA) is 108 Å². The Bertz CT molecular complexity index is 1150. The number of carbonyl (C=O) groups is 1. The first-order valence-corrected chi connectivity index (χ1v) is 10.8. The molecule has 1 amide bonds. The Hall–Kier alpha value is -3.07. The Kier molecular flexibility index (Phi) is 6.61. The van der Waals surface area contributed by atoms with Gasteiger partial charge in [0, 0.05) is 6.07 Å². The number of amides is 1. The zero-order valence-corrected chi connectivity index (χ0v) is 17.5. The van der Waals surface area contributed by atoms with Crippen LogP contribution in [-0.2, 0) is 14.8 Å². The second-order valence-corrected chi connectivity index (χ2v) is 8.29. The summed E-state index contributed by atoms with van der Waals surface area (Å²) in [5.41, 5.74) is 0.241. The summed E-state index contributed by atoms with van der Waals surface area (Å²) in [6, 6.07) is 20.0. The van der Waals surface area contributed by atoms with Crippen molar-refractivity contribution in [3.8, 4) is 17.2 Å². The summed E-state index contributed by atoms with van der Waals surface area (Å²) in [5.74, 6) is 1.22. The molecule has 0 fully saturated rings. The highest BCUT2D eigenvalue weighted by Crippen LogP contribution is 2.27. The highest BCUT2D eigenvalue weighted by atomic mass is 35.5. The van der Waals surface area contributed by atoms with Crippen molar-refractivity contribution in [2.45, 2.75) is 17.9 Å². The molecule has 0 radical (unpaired) electrons. The second-order valence-electron chi connectivity index (χ2n) is 6.33. The van der Waals surface area contributed by atoms with Gasteiger partial charge in [-0.2, -0.15) is 0 Å². The first-order valence-electron chi connectivity index (χ1n) is 8.85. The van der Waals surface area contributed by atoms with Crippen molar-refractivity contribution in [3.05, 3.63) is 77.8 Å². The molecule has 0 aliphatic heterocycles. The predicted octanol–water partition coefficient (Wildman–Crippen LogP) is 4.19. The van der Waals surface area contributed by atoms with Gasteiger partial charge in [-0.3, -0.25) is 4.79 Å². The number of benzene rings is 3. The van der Waals surface area contributed by atoms with E-state index in [1.807, 2.05) is 30.3 Å². The highest BCUT2D eigenvalue weighted by Gasteiger charge is 2.18. The molecule has 0 bridgehead atoms. The van der Waals surface area contributed by atoms with Crippen LogP contribution < -0.4 is 19.9 Å². The largest absolute Gasteiger partial charge is 0.481 e. The van der Waals surface area contributed by atoms with Crippen molar-refractivity contribution in [1.82, 2.24) is 0 Å². The number of hydrogen-bond acceptors (Lipinski definition) is 5. The minimum atomic E-state index is -3.89.